The molecule has 0 spiro atoms. The Balaban J connectivity index is 2.52. The summed E-state index contributed by atoms with van der Waals surface area (Å²) in [5.41, 5.74) is 0.498. The molecule has 0 amide bonds. The van der Waals surface area contributed by atoms with Gasteiger partial charge >= 0.3 is 0 Å². The number of hydrogen-bond donors (Lipinski definition) is 0. The van der Waals surface area contributed by atoms with Gasteiger partial charge in [-0.05, 0) is 62.4 Å². The maximum absolute atomic E-state index is 3.75. The molecule has 1 heterocycles. The van der Waals surface area contributed by atoms with Gasteiger partial charge < -0.3 is 4.90 Å². The Morgan fingerprint density at radius 2 is 1.83 bits per heavy atom. The fraction of sp³-hybridized carbons (Fsp3) is 1.00. The summed E-state index contributed by atoms with van der Waals surface area (Å²) in [5.74, 6) is 1.82. The van der Waals surface area contributed by atoms with Crippen molar-refractivity contribution >= 4 is 15.9 Å². The van der Waals surface area contributed by atoms with E-state index in [1.807, 2.05) is 0 Å². The zero-order valence-electron chi connectivity index (χ0n) is 12.8. The highest BCUT2D eigenvalue weighted by molar-refractivity contribution is 9.09. The third kappa shape index (κ3) is 4.52. The van der Waals surface area contributed by atoms with Crippen LogP contribution in [0.15, 0.2) is 0 Å². The highest BCUT2D eigenvalue weighted by Gasteiger charge is 2.29. The van der Waals surface area contributed by atoms with Crippen LogP contribution in [-0.4, -0.2) is 29.9 Å². The summed E-state index contributed by atoms with van der Waals surface area (Å²) in [6, 6.07) is 0. The van der Waals surface area contributed by atoms with E-state index in [-0.39, 0.29) is 0 Å². The Morgan fingerprint density at radius 3 is 2.33 bits per heavy atom. The molecule has 18 heavy (non-hydrogen) atoms. The molecule has 1 rings (SSSR count). The lowest BCUT2D eigenvalue weighted by molar-refractivity contribution is 0.160. The van der Waals surface area contributed by atoms with Crippen LogP contribution in [0.3, 0.4) is 0 Å². The maximum Gasteiger partial charge on any atom is 0.01000 e. The molecule has 1 fully saturated rings. The molecule has 1 nitrogen and oxygen atoms in total. The molecule has 2 heteroatoms. The molecule has 0 aromatic heterocycles. The maximum atomic E-state index is 3.75. The quantitative estimate of drug-likeness (QED) is 0.627. The van der Waals surface area contributed by atoms with Crippen LogP contribution >= 0.6 is 15.9 Å². The molecule has 1 aliphatic heterocycles. The highest BCUT2D eigenvalue weighted by Crippen LogP contribution is 2.32. The fourth-order valence-electron chi connectivity index (χ4n) is 3.19. The van der Waals surface area contributed by atoms with Crippen LogP contribution in [0, 0.1) is 17.3 Å². The number of nitrogens with zero attached hydrogens (tertiary/aromatic N) is 1. The minimum absolute atomic E-state index is 0.498. The smallest absolute Gasteiger partial charge is 0.01000 e. The Labute approximate surface area is 123 Å². The van der Waals surface area contributed by atoms with Gasteiger partial charge in [-0.3, -0.25) is 0 Å². The van der Waals surface area contributed by atoms with Crippen LogP contribution in [0.2, 0.25) is 0 Å². The molecule has 1 aliphatic rings. The van der Waals surface area contributed by atoms with Crippen molar-refractivity contribution in [1.82, 2.24) is 4.90 Å². The predicted molar refractivity (Wildman–Crippen MR) is 85.4 cm³/mol. The highest BCUT2D eigenvalue weighted by atomic mass is 79.9. The van der Waals surface area contributed by atoms with E-state index in [0.717, 1.165) is 17.2 Å². The van der Waals surface area contributed by atoms with E-state index < -0.39 is 0 Å². The summed E-state index contributed by atoms with van der Waals surface area (Å²) < 4.78 is 0. The zero-order valence-corrected chi connectivity index (χ0v) is 14.4. The number of hydrogen-bond acceptors (Lipinski definition) is 1. The van der Waals surface area contributed by atoms with Gasteiger partial charge in [-0.2, -0.15) is 0 Å². The van der Waals surface area contributed by atoms with Gasteiger partial charge in [-0.25, -0.2) is 0 Å². The Bertz CT molecular complexity index is 215. The van der Waals surface area contributed by atoms with Gasteiger partial charge in [0.15, 0.2) is 0 Å². The monoisotopic (exact) mass is 317 g/mol. The zero-order chi connectivity index (χ0) is 13.6. The van der Waals surface area contributed by atoms with E-state index in [9.17, 15) is 0 Å². The van der Waals surface area contributed by atoms with Crippen LogP contribution in [0.5, 0.6) is 0 Å². The molecule has 0 saturated carbocycles. The van der Waals surface area contributed by atoms with Crippen molar-refractivity contribution in [3.05, 3.63) is 0 Å². The molecule has 108 valence electrons. The van der Waals surface area contributed by atoms with Gasteiger partial charge in [-0.1, -0.05) is 43.6 Å². The van der Waals surface area contributed by atoms with Crippen molar-refractivity contribution in [2.75, 3.05) is 25.0 Å². The van der Waals surface area contributed by atoms with Crippen LogP contribution in [0.4, 0.5) is 0 Å². The molecule has 0 radical (unpaired) electrons. The van der Waals surface area contributed by atoms with E-state index in [1.165, 1.54) is 51.7 Å². The van der Waals surface area contributed by atoms with Gasteiger partial charge in [0.05, 0.1) is 0 Å². The summed E-state index contributed by atoms with van der Waals surface area (Å²) in [6.07, 6.45) is 6.82. The van der Waals surface area contributed by atoms with E-state index in [0.29, 0.717) is 5.41 Å². The predicted octanol–water partition coefficient (Wildman–Crippen LogP) is 4.95. The Kier molecular flexibility index (Phi) is 7.23. The van der Waals surface area contributed by atoms with Crippen LogP contribution in [-0.2, 0) is 0 Å². The molecule has 1 unspecified atom stereocenters. The number of likely N-dealkylation sites (tertiary alicyclic amines) is 1. The summed E-state index contributed by atoms with van der Waals surface area (Å²) in [5, 5.41) is 1.15. The topological polar surface area (TPSA) is 3.24 Å². The van der Waals surface area contributed by atoms with Gasteiger partial charge in [0.25, 0.3) is 0 Å². The van der Waals surface area contributed by atoms with Gasteiger partial charge in [0.2, 0.25) is 0 Å². The molecule has 1 atom stereocenters. The molecule has 0 aliphatic carbocycles. The summed E-state index contributed by atoms with van der Waals surface area (Å²) in [4.78, 5) is 2.73. The number of alkyl halides is 1. The Hall–Kier alpha value is 0.440. The first-order valence-electron chi connectivity index (χ1n) is 7.85. The second-order valence-corrected chi connectivity index (χ2v) is 7.11. The molecule has 0 aromatic carbocycles. The van der Waals surface area contributed by atoms with Crippen LogP contribution < -0.4 is 0 Å². The molecular weight excluding hydrogens is 286 g/mol. The fourth-order valence-corrected chi connectivity index (χ4v) is 4.16. The van der Waals surface area contributed by atoms with Gasteiger partial charge in [-0.15, -0.1) is 0 Å². The van der Waals surface area contributed by atoms with Crippen LogP contribution in [0.25, 0.3) is 0 Å². The molecular formula is C16H32BrN. The second-order valence-electron chi connectivity index (χ2n) is 6.55. The summed E-state index contributed by atoms with van der Waals surface area (Å²) in [6.45, 7) is 13.4. The molecule has 0 N–H and O–H groups in total. The minimum Gasteiger partial charge on any atom is -0.303 e. The van der Waals surface area contributed by atoms with Crippen molar-refractivity contribution in [2.45, 2.75) is 59.8 Å². The molecule has 0 aromatic rings. The van der Waals surface area contributed by atoms with Gasteiger partial charge in [0.1, 0.15) is 0 Å². The van der Waals surface area contributed by atoms with Crippen molar-refractivity contribution in [2.24, 2.45) is 17.3 Å². The largest absolute Gasteiger partial charge is 0.303 e. The van der Waals surface area contributed by atoms with Gasteiger partial charge in [0, 0.05) is 11.9 Å². The third-order valence-corrected chi connectivity index (χ3v) is 6.34. The lowest BCUT2D eigenvalue weighted by atomic mass is 9.84. The lowest BCUT2D eigenvalue weighted by Gasteiger charge is -2.35. The molecule has 0 bridgehead atoms. The van der Waals surface area contributed by atoms with Crippen LogP contribution in [0.1, 0.15) is 59.8 Å². The van der Waals surface area contributed by atoms with Crippen molar-refractivity contribution < 1.29 is 0 Å². The lowest BCUT2D eigenvalue weighted by Crippen LogP contribution is -2.39. The van der Waals surface area contributed by atoms with E-state index in [1.54, 1.807) is 0 Å². The first-order chi connectivity index (χ1) is 8.56. The SMILES string of the molecule is CCC(CC)(CBr)CN1CCCC(C(C)C)CC1. The average Bonchev–Trinajstić information content (AvgIpc) is 2.61. The number of rotatable bonds is 6. The number of halogens is 1. The van der Waals surface area contributed by atoms with Crippen molar-refractivity contribution in [3.8, 4) is 0 Å². The van der Waals surface area contributed by atoms with Crippen molar-refractivity contribution in [3.63, 3.8) is 0 Å². The normalized spacial score (nSPS) is 23.3. The first-order valence-corrected chi connectivity index (χ1v) is 8.97. The first kappa shape index (κ1) is 16.5. The summed E-state index contributed by atoms with van der Waals surface area (Å²) >= 11 is 3.75. The Morgan fingerprint density at radius 1 is 1.17 bits per heavy atom. The second kappa shape index (κ2) is 7.89. The molecule has 1 saturated heterocycles. The standard InChI is InChI=1S/C16H32BrN/c1-5-16(6-2,12-17)13-18-10-7-8-15(9-11-18)14(3)4/h14-15H,5-13H2,1-4H3. The minimum atomic E-state index is 0.498. The van der Waals surface area contributed by atoms with E-state index in [2.05, 4.69) is 48.5 Å². The average molecular weight is 318 g/mol. The third-order valence-electron chi connectivity index (χ3n) is 5.15. The van der Waals surface area contributed by atoms with Crippen molar-refractivity contribution in [1.29, 1.82) is 0 Å². The van der Waals surface area contributed by atoms with E-state index >= 15 is 0 Å². The van der Waals surface area contributed by atoms with E-state index in [4.69, 9.17) is 0 Å². The summed E-state index contributed by atoms with van der Waals surface area (Å²) in [7, 11) is 0.